The van der Waals surface area contributed by atoms with E-state index in [0.717, 1.165) is 5.69 Å². The van der Waals surface area contributed by atoms with Crippen LogP contribution >= 0.6 is 0 Å². The summed E-state index contributed by atoms with van der Waals surface area (Å²) in [6.07, 6.45) is 0. The third-order valence-corrected chi connectivity index (χ3v) is 1.32. The van der Waals surface area contributed by atoms with Crippen LogP contribution in [0.25, 0.3) is 0 Å². The molecule has 0 radical (unpaired) electrons. The summed E-state index contributed by atoms with van der Waals surface area (Å²) in [7, 11) is 1.78. The predicted octanol–water partition coefficient (Wildman–Crippen LogP) is 1.02. The second-order valence-electron chi connectivity index (χ2n) is 2.02. The first-order valence-electron chi connectivity index (χ1n) is 3.00. The van der Waals surface area contributed by atoms with Gasteiger partial charge in [-0.1, -0.05) is 0 Å². The average Bonchev–Trinajstić information content (AvgIpc) is 1.95. The Bertz CT molecular complexity index is 235. The standard InChI is InChI=1S/C7H10N2O/c1-9-5-2-3-6(8)7(10)4-5/h2-4,9-10H,8H2,1H3. The molecular formula is C7H10N2O. The number of nitrogen functional groups attached to an aromatic ring is 1. The van der Waals surface area contributed by atoms with Gasteiger partial charge >= 0.3 is 0 Å². The van der Waals surface area contributed by atoms with Crippen molar-refractivity contribution in [1.29, 1.82) is 0 Å². The molecular weight excluding hydrogens is 128 g/mol. The molecule has 0 bridgehead atoms. The topological polar surface area (TPSA) is 58.3 Å². The van der Waals surface area contributed by atoms with Crippen LogP contribution < -0.4 is 11.1 Å². The van der Waals surface area contributed by atoms with Gasteiger partial charge in [-0.3, -0.25) is 0 Å². The molecule has 1 aromatic rings. The number of anilines is 2. The van der Waals surface area contributed by atoms with Crippen LogP contribution in [0, 0.1) is 0 Å². The number of nitrogens with two attached hydrogens (primary N) is 1. The molecule has 0 atom stereocenters. The lowest BCUT2D eigenvalue weighted by atomic mass is 10.2. The first-order chi connectivity index (χ1) is 4.74. The fraction of sp³-hybridized carbons (Fsp3) is 0.143. The van der Waals surface area contributed by atoms with Crippen molar-refractivity contribution < 1.29 is 5.11 Å². The van der Waals surface area contributed by atoms with Gasteiger partial charge < -0.3 is 16.2 Å². The maximum absolute atomic E-state index is 9.07. The Labute approximate surface area is 59.5 Å². The van der Waals surface area contributed by atoms with E-state index in [9.17, 15) is 0 Å². The third-order valence-electron chi connectivity index (χ3n) is 1.32. The molecule has 4 N–H and O–H groups in total. The van der Waals surface area contributed by atoms with Gasteiger partial charge in [0.15, 0.2) is 0 Å². The minimum atomic E-state index is 0.117. The molecule has 1 rings (SSSR count). The van der Waals surface area contributed by atoms with Crippen LogP contribution in [0.4, 0.5) is 11.4 Å². The van der Waals surface area contributed by atoms with Crippen molar-refractivity contribution in [2.75, 3.05) is 18.1 Å². The summed E-state index contributed by atoms with van der Waals surface area (Å²) in [5.41, 5.74) is 6.62. The number of hydrogen-bond acceptors (Lipinski definition) is 3. The van der Waals surface area contributed by atoms with Crippen LogP contribution in [-0.2, 0) is 0 Å². The number of benzene rings is 1. The van der Waals surface area contributed by atoms with Crippen LogP contribution in [0.1, 0.15) is 0 Å². The van der Waals surface area contributed by atoms with Gasteiger partial charge in [-0.05, 0) is 12.1 Å². The molecule has 0 saturated carbocycles. The van der Waals surface area contributed by atoms with E-state index in [-0.39, 0.29) is 5.75 Å². The SMILES string of the molecule is CNc1ccc(N)c(O)c1. The maximum atomic E-state index is 9.07. The molecule has 0 spiro atoms. The van der Waals surface area contributed by atoms with Crippen LogP contribution in [0.2, 0.25) is 0 Å². The quantitative estimate of drug-likeness (QED) is 0.401. The highest BCUT2D eigenvalue weighted by Gasteiger charge is 1.95. The van der Waals surface area contributed by atoms with E-state index in [4.69, 9.17) is 10.8 Å². The van der Waals surface area contributed by atoms with Gasteiger partial charge in [0.05, 0.1) is 5.69 Å². The van der Waals surface area contributed by atoms with Crippen molar-refractivity contribution in [2.24, 2.45) is 0 Å². The first-order valence-corrected chi connectivity index (χ1v) is 3.00. The number of aromatic hydroxyl groups is 1. The highest BCUT2D eigenvalue weighted by molar-refractivity contribution is 5.60. The van der Waals surface area contributed by atoms with Crippen molar-refractivity contribution in [1.82, 2.24) is 0 Å². The molecule has 0 heterocycles. The molecule has 0 saturated heterocycles. The van der Waals surface area contributed by atoms with Crippen LogP contribution in [0.3, 0.4) is 0 Å². The van der Waals surface area contributed by atoms with Crippen molar-refractivity contribution in [3.8, 4) is 5.75 Å². The molecule has 0 aromatic heterocycles. The van der Waals surface area contributed by atoms with Gasteiger partial charge in [0, 0.05) is 18.8 Å². The lowest BCUT2D eigenvalue weighted by molar-refractivity contribution is 0.478. The van der Waals surface area contributed by atoms with E-state index in [1.165, 1.54) is 0 Å². The highest BCUT2D eigenvalue weighted by Crippen LogP contribution is 2.22. The summed E-state index contributed by atoms with van der Waals surface area (Å²) in [4.78, 5) is 0. The largest absolute Gasteiger partial charge is 0.506 e. The zero-order chi connectivity index (χ0) is 7.56. The number of phenolic OH excluding ortho intramolecular Hbond substituents is 1. The molecule has 0 amide bonds. The van der Waals surface area contributed by atoms with Crippen LogP contribution in [-0.4, -0.2) is 12.2 Å². The van der Waals surface area contributed by atoms with E-state index < -0.39 is 0 Å². The van der Waals surface area contributed by atoms with Crippen molar-refractivity contribution in [2.45, 2.75) is 0 Å². The smallest absolute Gasteiger partial charge is 0.140 e. The fourth-order valence-corrected chi connectivity index (χ4v) is 0.699. The summed E-state index contributed by atoms with van der Waals surface area (Å²) < 4.78 is 0. The molecule has 1 aromatic carbocycles. The summed E-state index contributed by atoms with van der Waals surface area (Å²) in [6.45, 7) is 0. The lowest BCUT2D eigenvalue weighted by Gasteiger charge is -2.01. The molecule has 3 heteroatoms. The highest BCUT2D eigenvalue weighted by atomic mass is 16.3. The Kier molecular flexibility index (Phi) is 1.67. The average molecular weight is 138 g/mol. The molecule has 0 fully saturated rings. The Hall–Kier alpha value is -1.38. The van der Waals surface area contributed by atoms with Gasteiger partial charge in [-0.2, -0.15) is 0 Å². The maximum Gasteiger partial charge on any atom is 0.140 e. The van der Waals surface area contributed by atoms with Gasteiger partial charge in [0.2, 0.25) is 0 Å². The van der Waals surface area contributed by atoms with Crippen molar-refractivity contribution >= 4 is 11.4 Å². The Morgan fingerprint density at radius 1 is 1.50 bits per heavy atom. The molecule has 0 aliphatic rings. The van der Waals surface area contributed by atoms with Crippen molar-refractivity contribution in [3.63, 3.8) is 0 Å². The van der Waals surface area contributed by atoms with E-state index in [1.54, 1.807) is 25.2 Å². The summed E-state index contributed by atoms with van der Waals surface area (Å²) in [5, 5.41) is 11.9. The van der Waals surface area contributed by atoms with E-state index in [0.29, 0.717) is 5.69 Å². The summed E-state index contributed by atoms with van der Waals surface area (Å²) in [6, 6.07) is 5.03. The molecule has 0 aliphatic carbocycles. The van der Waals surface area contributed by atoms with Gasteiger partial charge in [-0.15, -0.1) is 0 Å². The van der Waals surface area contributed by atoms with Crippen molar-refractivity contribution in [3.05, 3.63) is 18.2 Å². The second kappa shape index (κ2) is 2.47. The number of phenols is 1. The van der Waals surface area contributed by atoms with Gasteiger partial charge in [0.25, 0.3) is 0 Å². The van der Waals surface area contributed by atoms with Crippen LogP contribution in [0.5, 0.6) is 5.75 Å². The predicted molar refractivity (Wildman–Crippen MR) is 42.1 cm³/mol. The normalized spacial score (nSPS) is 9.30. The molecule has 3 nitrogen and oxygen atoms in total. The van der Waals surface area contributed by atoms with Gasteiger partial charge in [0.1, 0.15) is 5.75 Å². The summed E-state index contributed by atoms with van der Waals surface area (Å²) in [5.74, 6) is 0.117. The van der Waals surface area contributed by atoms with Crippen LogP contribution in [0.15, 0.2) is 18.2 Å². The fourth-order valence-electron chi connectivity index (χ4n) is 0.699. The van der Waals surface area contributed by atoms with Gasteiger partial charge in [-0.25, -0.2) is 0 Å². The molecule has 10 heavy (non-hydrogen) atoms. The second-order valence-corrected chi connectivity index (χ2v) is 2.02. The Morgan fingerprint density at radius 2 is 2.20 bits per heavy atom. The zero-order valence-corrected chi connectivity index (χ0v) is 5.76. The zero-order valence-electron chi connectivity index (χ0n) is 5.76. The van der Waals surface area contributed by atoms with E-state index >= 15 is 0 Å². The molecule has 0 aliphatic heterocycles. The molecule has 54 valence electrons. The number of nitrogens with one attached hydrogen (secondary N) is 1. The van der Waals surface area contributed by atoms with E-state index in [1.807, 2.05) is 0 Å². The summed E-state index contributed by atoms with van der Waals surface area (Å²) >= 11 is 0. The number of hydrogen-bond donors (Lipinski definition) is 3. The Balaban J connectivity index is 3.04. The minimum absolute atomic E-state index is 0.117. The Morgan fingerprint density at radius 3 is 2.70 bits per heavy atom. The lowest BCUT2D eigenvalue weighted by Crippen LogP contribution is -1.89. The third kappa shape index (κ3) is 1.13. The monoisotopic (exact) mass is 138 g/mol. The first kappa shape index (κ1) is 6.74. The molecule has 0 unspecified atom stereocenters. The number of rotatable bonds is 1. The minimum Gasteiger partial charge on any atom is -0.506 e. The van der Waals surface area contributed by atoms with E-state index in [2.05, 4.69) is 5.32 Å².